The number of likely N-dealkylation sites (tertiary alicyclic amines) is 1. The molecule has 0 spiro atoms. The molecule has 0 unspecified atom stereocenters. The van der Waals surface area contributed by atoms with E-state index >= 15 is 0 Å². The van der Waals surface area contributed by atoms with Gasteiger partial charge in [-0.15, -0.1) is 0 Å². The first-order valence-corrected chi connectivity index (χ1v) is 8.92. The van der Waals surface area contributed by atoms with E-state index in [1.807, 2.05) is 30.3 Å². The minimum absolute atomic E-state index is 0.0326. The van der Waals surface area contributed by atoms with Crippen LogP contribution in [0.5, 0.6) is 0 Å². The molecule has 27 heavy (non-hydrogen) atoms. The number of rotatable bonds is 3. The summed E-state index contributed by atoms with van der Waals surface area (Å²) in [5.74, 6) is -0.0589. The number of amides is 1. The van der Waals surface area contributed by atoms with Crippen LogP contribution in [0.3, 0.4) is 0 Å². The molecule has 0 aliphatic carbocycles. The summed E-state index contributed by atoms with van der Waals surface area (Å²) in [6.07, 6.45) is 3.36. The van der Waals surface area contributed by atoms with Gasteiger partial charge in [-0.3, -0.25) is 9.78 Å². The van der Waals surface area contributed by atoms with E-state index in [-0.39, 0.29) is 17.8 Å². The van der Waals surface area contributed by atoms with Crippen molar-refractivity contribution in [3.8, 4) is 0 Å². The Bertz CT molecular complexity index is 1000. The molecule has 1 aliphatic rings. The summed E-state index contributed by atoms with van der Waals surface area (Å²) in [6, 6.07) is 9.94. The number of para-hydroxylation sites is 1. The molecule has 4 rings (SSSR count). The number of aliphatic hydroxyl groups is 1. The number of carbonyl (C=O) groups is 1. The molecule has 138 valence electrons. The van der Waals surface area contributed by atoms with Crippen LogP contribution in [0, 0.1) is 12.8 Å². The lowest BCUT2D eigenvalue weighted by Crippen LogP contribution is -2.30. The van der Waals surface area contributed by atoms with Gasteiger partial charge in [0.25, 0.3) is 5.91 Å². The quantitative estimate of drug-likeness (QED) is 0.732. The van der Waals surface area contributed by atoms with Crippen LogP contribution in [0.1, 0.15) is 21.6 Å². The number of hydrogen-bond donors (Lipinski definition) is 2. The third-order valence-corrected chi connectivity index (χ3v) is 5.14. The summed E-state index contributed by atoms with van der Waals surface area (Å²) in [6.45, 7) is 2.52. The van der Waals surface area contributed by atoms with Crippen LogP contribution in [0.2, 0.25) is 0 Å². The van der Waals surface area contributed by atoms with E-state index in [1.54, 1.807) is 18.0 Å². The minimum atomic E-state index is -0.573. The van der Waals surface area contributed by atoms with E-state index < -0.39 is 6.10 Å². The number of carbonyl (C=O) groups excluding carboxylic acids is 1. The van der Waals surface area contributed by atoms with Gasteiger partial charge in [-0.2, -0.15) is 0 Å². The van der Waals surface area contributed by atoms with Crippen molar-refractivity contribution in [2.45, 2.75) is 19.4 Å². The maximum Gasteiger partial charge on any atom is 0.257 e. The average molecular weight is 363 g/mol. The molecular weight excluding hydrogens is 342 g/mol. The Hall–Kier alpha value is -3.06. The van der Waals surface area contributed by atoms with Crippen molar-refractivity contribution < 1.29 is 9.90 Å². The Morgan fingerprint density at radius 3 is 2.89 bits per heavy atom. The van der Waals surface area contributed by atoms with E-state index in [2.05, 4.69) is 15.0 Å². The van der Waals surface area contributed by atoms with Crippen molar-refractivity contribution in [3.63, 3.8) is 0 Å². The lowest BCUT2D eigenvalue weighted by atomic mass is 9.94. The van der Waals surface area contributed by atoms with Crippen LogP contribution in [0.4, 0.5) is 5.95 Å². The number of nitrogens with zero attached hydrogens (tertiary/aromatic N) is 4. The number of aromatic nitrogens is 3. The van der Waals surface area contributed by atoms with Crippen molar-refractivity contribution >= 4 is 22.8 Å². The SMILES string of the molecule is Cc1nc(N)ncc1C(=O)N1C[C@@H](Cc2ccnc3ccccc23)[C@H](O)C1. The van der Waals surface area contributed by atoms with Crippen LogP contribution < -0.4 is 5.73 Å². The van der Waals surface area contributed by atoms with Crippen LogP contribution in [-0.4, -0.2) is 50.1 Å². The van der Waals surface area contributed by atoms with Gasteiger partial charge in [0, 0.05) is 36.8 Å². The third kappa shape index (κ3) is 3.33. The first-order valence-electron chi connectivity index (χ1n) is 8.92. The van der Waals surface area contributed by atoms with Gasteiger partial charge in [-0.05, 0) is 31.0 Å². The molecule has 0 bridgehead atoms. The van der Waals surface area contributed by atoms with Crippen molar-refractivity contribution in [2.75, 3.05) is 18.8 Å². The van der Waals surface area contributed by atoms with Crippen molar-refractivity contribution in [2.24, 2.45) is 5.92 Å². The van der Waals surface area contributed by atoms with E-state index in [0.29, 0.717) is 30.8 Å². The third-order valence-electron chi connectivity index (χ3n) is 5.14. The number of hydrogen-bond acceptors (Lipinski definition) is 6. The van der Waals surface area contributed by atoms with Gasteiger partial charge in [0.05, 0.1) is 22.9 Å². The van der Waals surface area contributed by atoms with Gasteiger partial charge >= 0.3 is 0 Å². The van der Waals surface area contributed by atoms with E-state index in [9.17, 15) is 9.90 Å². The van der Waals surface area contributed by atoms with Crippen molar-refractivity contribution in [1.29, 1.82) is 0 Å². The molecule has 0 saturated carbocycles. The number of β-amino-alcohol motifs (C(OH)–C–C–N with tert-alkyl or cyclic N) is 1. The summed E-state index contributed by atoms with van der Waals surface area (Å²) < 4.78 is 0. The van der Waals surface area contributed by atoms with Crippen molar-refractivity contribution in [3.05, 3.63) is 59.5 Å². The molecule has 0 radical (unpaired) electrons. The predicted molar refractivity (Wildman–Crippen MR) is 102 cm³/mol. The Balaban J connectivity index is 1.54. The van der Waals surface area contributed by atoms with Crippen LogP contribution in [0.25, 0.3) is 10.9 Å². The summed E-state index contributed by atoms with van der Waals surface area (Å²) in [5.41, 5.74) is 8.60. The number of nitrogens with two attached hydrogens (primary N) is 1. The zero-order valence-electron chi connectivity index (χ0n) is 15.0. The minimum Gasteiger partial charge on any atom is -0.391 e. The maximum absolute atomic E-state index is 12.8. The smallest absolute Gasteiger partial charge is 0.257 e. The average Bonchev–Trinajstić information content (AvgIpc) is 3.02. The second-order valence-corrected chi connectivity index (χ2v) is 6.96. The molecule has 7 nitrogen and oxygen atoms in total. The number of nitrogen functional groups attached to an aromatic ring is 1. The Labute approximate surface area is 156 Å². The van der Waals surface area contributed by atoms with Crippen molar-refractivity contribution in [1.82, 2.24) is 19.9 Å². The lowest BCUT2D eigenvalue weighted by Gasteiger charge is -2.17. The number of aliphatic hydroxyl groups excluding tert-OH is 1. The first kappa shape index (κ1) is 17.4. The number of pyridine rings is 1. The molecule has 7 heteroatoms. The van der Waals surface area contributed by atoms with E-state index in [4.69, 9.17) is 5.73 Å². The monoisotopic (exact) mass is 363 g/mol. The molecule has 2 atom stereocenters. The highest BCUT2D eigenvalue weighted by molar-refractivity contribution is 5.95. The zero-order valence-corrected chi connectivity index (χ0v) is 15.0. The Morgan fingerprint density at radius 2 is 2.07 bits per heavy atom. The molecule has 2 aromatic heterocycles. The molecule has 3 N–H and O–H groups in total. The Morgan fingerprint density at radius 1 is 1.26 bits per heavy atom. The van der Waals surface area contributed by atoms with Gasteiger partial charge in [-0.1, -0.05) is 18.2 Å². The largest absolute Gasteiger partial charge is 0.391 e. The summed E-state index contributed by atoms with van der Waals surface area (Å²) in [5, 5.41) is 11.6. The second kappa shape index (κ2) is 6.92. The molecule has 1 saturated heterocycles. The predicted octanol–water partition coefficient (Wildman–Crippen LogP) is 1.59. The molecule has 3 heterocycles. The first-order chi connectivity index (χ1) is 13.0. The van der Waals surface area contributed by atoms with E-state index in [0.717, 1.165) is 16.5 Å². The highest BCUT2D eigenvalue weighted by atomic mass is 16.3. The van der Waals surface area contributed by atoms with Crippen LogP contribution >= 0.6 is 0 Å². The second-order valence-electron chi connectivity index (χ2n) is 6.96. The fourth-order valence-electron chi connectivity index (χ4n) is 3.70. The van der Waals surface area contributed by atoms with Gasteiger partial charge in [-0.25, -0.2) is 9.97 Å². The molecule has 1 fully saturated rings. The number of anilines is 1. The fourth-order valence-corrected chi connectivity index (χ4v) is 3.70. The molecule has 1 aromatic carbocycles. The van der Waals surface area contributed by atoms with Gasteiger partial charge < -0.3 is 15.7 Å². The van der Waals surface area contributed by atoms with Crippen LogP contribution in [0.15, 0.2) is 42.7 Å². The van der Waals surface area contributed by atoms with E-state index in [1.165, 1.54) is 6.20 Å². The number of benzene rings is 1. The molecule has 3 aromatic rings. The lowest BCUT2D eigenvalue weighted by molar-refractivity contribution is 0.0763. The summed E-state index contributed by atoms with van der Waals surface area (Å²) in [4.78, 5) is 26.8. The topological polar surface area (TPSA) is 105 Å². The standard InChI is InChI=1S/C20H21N5O2/c1-12-16(9-23-20(21)24-12)19(27)25-10-14(18(26)11-25)8-13-6-7-22-17-5-3-2-4-15(13)17/h2-7,9,14,18,26H,8,10-11H2,1H3,(H2,21,23,24)/t14-,18-/m1/s1. The normalized spacial score (nSPS) is 19.6. The molecular formula is C20H21N5O2. The highest BCUT2D eigenvalue weighted by Crippen LogP contribution is 2.26. The molecule has 1 aliphatic heterocycles. The summed E-state index contributed by atoms with van der Waals surface area (Å²) in [7, 11) is 0. The highest BCUT2D eigenvalue weighted by Gasteiger charge is 2.35. The maximum atomic E-state index is 12.8. The summed E-state index contributed by atoms with van der Waals surface area (Å²) >= 11 is 0. The van der Waals surface area contributed by atoms with Gasteiger partial charge in [0.2, 0.25) is 5.95 Å². The fraction of sp³-hybridized carbons (Fsp3) is 0.300. The number of fused-ring (bicyclic) bond motifs is 1. The number of aryl methyl sites for hydroxylation is 1. The van der Waals surface area contributed by atoms with Crippen LogP contribution in [-0.2, 0) is 6.42 Å². The van der Waals surface area contributed by atoms with Gasteiger partial charge in [0.15, 0.2) is 0 Å². The molecule has 1 amide bonds. The van der Waals surface area contributed by atoms with Gasteiger partial charge in [0.1, 0.15) is 0 Å². The Kier molecular flexibility index (Phi) is 4.45. The zero-order chi connectivity index (χ0) is 19.0.